The van der Waals surface area contributed by atoms with Crippen LogP contribution >= 0.6 is 0 Å². The fraction of sp³-hybridized carbons (Fsp3) is 0.273. The van der Waals surface area contributed by atoms with Crippen molar-refractivity contribution >= 4 is 11.6 Å². The van der Waals surface area contributed by atoms with Crippen molar-refractivity contribution in [3.8, 4) is 12.3 Å². The Balaban J connectivity index is 2.83. The molecule has 1 rings (SSSR count). The van der Waals surface area contributed by atoms with E-state index in [9.17, 15) is 4.79 Å². The minimum Gasteiger partial charge on any atom is -0.374 e. The summed E-state index contributed by atoms with van der Waals surface area (Å²) in [6.07, 6.45) is 6.70. The Hall–Kier alpha value is -2.02. The van der Waals surface area contributed by atoms with Crippen LogP contribution in [0.2, 0.25) is 0 Å². The van der Waals surface area contributed by atoms with Gasteiger partial charge in [0.25, 0.3) is 5.91 Å². The molecular weight excluding hydrogens is 190 g/mol. The number of nitrogens with zero attached hydrogens (tertiary/aromatic N) is 2. The fourth-order valence-corrected chi connectivity index (χ4v) is 1.04. The van der Waals surface area contributed by atoms with Crippen LogP contribution in [0.1, 0.15) is 10.5 Å². The Bertz CT molecular complexity index is 393. The second-order valence-corrected chi connectivity index (χ2v) is 3.19. The zero-order valence-electron chi connectivity index (χ0n) is 8.82. The lowest BCUT2D eigenvalue weighted by Gasteiger charge is -2.10. The first-order valence-corrected chi connectivity index (χ1v) is 4.50. The molecule has 4 nitrogen and oxygen atoms in total. The monoisotopic (exact) mass is 203 g/mol. The first kappa shape index (κ1) is 11.1. The highest BCUT2D eigenvalue weighted by molar-refractivity contribution is 5.92. The van der Waals surface area contributed by atoms with Gasteiger partial charge in [0.05, 0.1) is 6.54 Å². The Labute approximate surface area is 89.3 Å². The van der Waals surface area contributed by atoms with Crippen LogP contribution in [-0.4, -0.2) is 36.4 Å². The van der Waals surface area contributed by atoms with Crippen LogP contribution in [-0.2, 0) is 0 Å². The van der Waals surface area contributed by atoms with Crippen LogP contribution < -0.4 is 5.32 Å². The van der Waals surface area contributed by atoms with Crippen LogP contribution in [0.5, 0.6) is 0 Å². The van der Waals surface area contributed by atoms with E-state index in [-0.39, 0.29) is 5.91 Å². The van der Waals surface area contributed by atoms with Crippen LogP contribution in [0.25, 0.3) is 0 Å². The normalized spacial score (nSPS) is 9.13. The van der Waals surface area contributed by atoms with Crippen molar-refractivity contribution in [1.29, 1.82) is 0 Å². The molecule has 0 aliphatic carbocycles. The van der Waals surface area contributed by atoms with Gasteiger partial charge < -0.3 is 10.2 Å². The molecule has 0 fully saturated rings. The molecule has 78 valence electrons. The number of hydrogen-bond donors (Lipinski definition) is 1. The summed E-state index contributed by atoms with van der Waals surface area (Å²) >= 11 is 0. The number of nitrogens with one attached hydrogen (secondary N) is 1. The van der Waals surface area contributed by atoms with E-state index in [1.54, 1.807) is 32.4 Å². The Morgan fingerprint density at radius 3 is 3.00 bits per heavy atom. The number of amides is 1. The Kier molecular flexibility index (Phi) is 3.69. The number of anilines is 1. The van der Waals surface area contributed by atoms with Gasteiger partial charge in [0.2, 0.25) is 0 Å². The van der Waals surface area contributed by atoms with Crippen molar-refractivity contribution < 1.29 is 4.79 Å². The third kappa shape index (κ3) is 2.99. The molecule has 0 radical (unpaired) electrons. The van der Waals surface area contributed by atoms with Crippen molar-refractivity contribution in [1.82, 2.24) is 9.88 Å². The van der Waals surface area contributed by atoms with Crippen molar-refractivity contribution in [2.75, 3.05) is 26.0 Å². The second-order valence-electron chi connectivity index (χ2n) is 3.19. The molecule has 0 aliphatic heterocycles. The lowest BCUT2D eigenvalue weighted by molar-refractivity contribution is 0.0822. The zero-order chi connectivity index (χ0) is 11.3. The lowest BCUT2D eigenvalue weighted by atomic mass is 10.3. The minimum atomic E-state index is -0.126. The molecule has 4 heteroatoms. The average Bonchev–Trinajstić information content (AvgIpc) is 2.25. The van der Waals surface area contributed by atoms with Gasteiger partial charge in [0, 0.05) is 26.0 Å². The van der Waals surface area contributed by atoms with E-state index in [2.05, 4.69) is 16.2 Å². The van der Waals surface area contributed by atoms with Crippen LogP contribution in [0.3, 0.4) is 0 Å². The second kappa shape index (κ2) is 5.01. The maximum atomic E-state index is 11.6. The van der Waals surface area contributed by atoms with E-state index in [1.165, 1.54) is 4.90 Å². The highest BCUT2D eigenvalue weighted by Crippen LogP contribution is 2.08. The highest BCUT2D eigenvalue weighted by atomic mass is 16.2. The van der Waals surface area contributed by atoms with E-state index in [1.807, 2.05) is 0 Å². The molecule has 0 bridgehead atoms. The number of pyridine rings is 1. The SMILES string of the molecule is C#CCNc1ccnc(C(=O)N(C)C)c1. The van der Waals surface area contributed by atoms with Gasteiger partial charge in [-0.2, -0.15) is 0 Å². The molecule has 0 unspecified atom stereocenters. The summed E-state index contributed by atoms with van der Waals surface area (Å²) in [5.41, 5.74) is 1.20. The first-order valence-electron chi connectivity index (χ1n) is 4.50. The molecule has 0 aromatic carbocycles. The van der Waals surface area contributed by atoms with Crippen LogP contribution in [0.4, 0.5) is 5.69 Å². The maximum absolute atomic E-state index is 11.6. The van der Waals surface area contributed by atoms with Gasteiger partial charge in [-0.25, -0.2) is 0 Å². The lowest BCUT2D eigenvalue weighted by Crippen LogP contribution is -2.22. The minimum absolute atomic E-state index is 0.126. The molecule has 0 saturated heterocycles. The number of aromatic nitrogens is 1. The molecule has 1 N–H and O–H groups in total. The van der Waals surface area contributed by atoms with Crippen LogP contribution in [0, 0.1) is 12.3 Å². The van der Waals surface area contributed by atoms with E-state index < -0.39 is 0 Å². The molecule has 15 heavy (non-hydrogen) atoms. The summed E-state index contributed by atoms with van der Waals surface area (Å²) in [6, 6.07) is 3.45. The third-order valence-electron chi connectivity index (χ3n) is 1.78. The summed E-state index contributed by atoms with van der Waals surface area (Å²) < 4.78 is 0. The van der Waals surface area contributed by atoms with Gasteiger partial charge >= 0.3 is 0 Å². The van der Waals surface area contributed by atoms with Gasteiger partial charge in [-0.15, -0.1) is 6.42 Å². The van der Waals surface area contributed by atoms with Gasteiger partial charge in [0.15, 0.2) is 0 Å². The third-order valence-corrected chi connectivity index (χ3v) is 1.78. The quantitative estimate of drug-likeness (QED) is 0.740. The summed E-state index contributed by atoms with van der Waals surface area (Å²) in [5, 5.41) is 2.98. The van der Waals surface area contributed by atoms with Gasteiger partial charge in [-0.05, 0) is 12.1 Å². The van der Waals surface area contributed by atoms with E-state index in [4.69, 9.17) is 6.42 Å². The van der Waals surface area contributed by atoms with Crippen LogP contribution in [0.15, 0.2) is 18.3 Å². The van der Waals surface area contributed by atoms with E-state index >= 15 is 0 Å². The fourth-order valence-electron chi connectivity index (χ4n) is 1.04. The maximum Gasteiger partial charge on any atom is 0.272 e. The topological polar surface area (TPSA) is 45.2 Å². The first-order chi connectivity index (χ1) is 7.15. The number of rotatable bonds is 3. The van der Waals surface area contributed by atoms with E-state index in [0.29, 0.717) is 12.2 Å². The Morgan fingerprint density at radius 2 is 2.40 bits per heavy atom. The molecule has 1 heterocycles. The molecule has 0 saturated carbocycles. The number of carbonyl (C=O) groups is 1. The number of hydrogen-bond acceptors (Lipinski definition) is 3. The van der Waals surface area contributed by atoms with Crippen molar-refractivity contribution in [3.63, 3.8) is 0 Å². The summed E-state index contributed by atoms with van der Waals surface area (Å²) in [4.78, 5) is 17.0. The molecule has 1 aromatic rings. The van der Waals surface area contributed by atoms with E-state index in [0.717, 1.165) is 5.69 Å². The molecule has 0 spiro atoms. The zero-order valence-corrected chi connectivity index (χ0v) is 8.82. The van der Waals surface area contributed by atoms with Gasteiger partial charge in [0.1, 0.15) is 5.69 Å². The summed E-state index contributed by atoms with van der Waals surface area (Å²) in [7, 11) is 3.37. The molecule has 0 aliphatic rings. The largest absolute Gasteiger partial charge is 0.374 e. The van der Waals surface area contributed by atoms with Crippen molar-refractivity contribution in [2.24, 2.45) is 0 Å². The molecule has 0 atom stereocenters. The van der Waals surface area contributed by atoms with Gasteiger partial charge in [-0.1, -0.05) is 5.92 Å². The predicted octanol–water partition coefficient (Wildman–Crippen LogP) is 0.829. The van der Waals surface area contributed by atoms with Gasteiger partial charge in [-0.3, -0.25) is 9.78 Å². The number of carbonyl (C=O) groups excluding carboxylic acids is 1. The standard InChI is InChI=1S/C11H13N3O/c1-4-6-12-9-5-7-13-10(8-9)11(15)14(2)3/h1,5,7-8H,6H2,2-3H3,(H,12,13). The Morgan fingerprint density at radius 1 is 1.67 bits per heavy atom. The molecule has 1 aromatic heterocycles. The molecular formula is C11H13N3O. The predicted molar refractivity (Wildman–Crippen MR) is 59.6 cm³/mol. The average molecular weight is 203 g/mol. The summed E-state index contributed by atoms with van der Waals surface area (Å²) in [6.45, 7) is 0.430. The van der Waals surface area contributed by atoms with Crippen molar-refractivity contribution in [2.45, 2.75) is 0 Å². The molecule has 1 amide bonds. The smallest absolute Gasteiger partial charge is 0.272 e. The number of terminal acetylenes is 1. The van der Waals surface area contributed by atoms with Crippen molar-refractivity contribution in [3.05, 3.63) is 24.0 Å². The highest BCUT2D eigenvalue weighted by Gasteiger charge is 2.09. The summed E-state index contributed by atoms with van der Waals surface area (Å²) in [5.74, 6) is 2.34.